The van der Waals surface area contributed by atoms with E-state index in [-0.39, 0.29) is 11.9 Å². The molecular formula is C13H16N4O2. The topological polar surface area (TPSA) is 93.0 Å². The number of H-pyrrole nitrogens is 1. The Morgan fingerprint density at radius 2 is 2.37 bits per heavy atom. The number of nitrogens with two attached hydrogens (primary N) is 1. The fraction of sp³-hybridized carbons (Fsp3) is 0.385. The van der Waals surface area contributed by atoms with Crippen molar-refractivity contribution in [3.63, 3.8) is 0 Å². The number of hydrogen-bond acceptors (Lipinski definition) is 4. The first kappa shape index (κ1) is 12.1. The fourth-order valence-corrected chi connectivity index (χ4v) is 2.19. The van der Waals surface area contributed by atoms with Gasteiger partial charge in [0.05, 0.1) is 29.7 Å². The van der Waals surface area contributed by atoms with Crippen molar-refractivity contribution in [2.24, 2.45) is 11.1 Å². The molecule has 0 bridgehead atoms. The summed E-state index contributed by atoms with van der Waals surface area (Å²) in [5, 5.41) is 2.78. The molecule has 1 fully saturated rings. The number of carbonyl (C=O) groups is 1. The van der Waals surface area contributed by atoms with Crippen LogP contribution in [0.25, 0.3) is 11.0 Å². The molecule has 2 aromatic rings. The van der Waals surface area contributed by atoms with Crippen LogP contribution < -0.4 is 11.1 Å². The maximum absolute atomic E-state index is 12.3. The fourth-order valence-electron chi connectivity index (χ4n) is 2.19. The van der Waals surface area contributed by atoms with Crippen molar-refractivity contribution in [2.75, 3.05) is 18.5 Å². The molecule has 1 aliphatic heterocycles. The molecule has 3 rings (SSSR count). The molecule has 1 aliphatic rings. The molecular weight excluding hydrogens is 244 g/mol. The Bertz CT molecular complexity index is 591. The van der Waals surface area contributed by atoms with Gasteiger partial charge in [-0.2, -0.15) is 0 Å². The number of benzene rings is 1. The maximum atomic E-state index is 12.3. The van der Waals surface area contributed by atoms with Crippen LogP contribution in [0.2, 0.25) is 0 Å². The van der Waals surface area contributed by atoms with Gasteiger partial charge in [-0.1, -0.05) is 12.1 Å². The van der Waals surface area contributed by atoms with Gasteiger partial charge >= 0.3 is 0 Å². The highest BCUT2D eigenvalue weighted by Crippen LogP contribution is 2.28. The molecule has 2 heterocycles. The first-order chi connectivity index (χ1) is 9.09. The molecule has 0 saturated carbocycles. The molecule has 1 aromatic carbocycles. The average Bonchev–Trinajstić information content (AvgIpc) is 2.94. The normalized spacial score (nSPS) is 26.7. The van der Waals surface area contributed by atoms with Crippen LogP contribution in [0.5, 0.6) is 0 Å². The van der Waals surface area contributed by atoms with Crippen LogP contribution in [0, 0.1) is 5.41 Å². The van der Waals surface area contributed by atoms with Crippen LogP contribution in [-0.2, 0) is 9.53 Å². The molecule has 2 unspecified atom stereocenters. The number of nitrogens with zero attached hydrogens (tertiary/aromatic N) is 1. The van der Waals surface area contributed by atoms with Crippen molar-refractivity contribution in [3.05, 3.63) is 24.3 Å². The minimum atomic E-state index is -0.709. The van der Waals surface area contributed by atoms with Crippen molar-refractivity contribution in [3.8, 4) is 0 Å². The Kier molecular flexibility index (Phi) is 2.76. The molecule has 6 heteroatoms. The highest BCUT2D eigenvalue weighted by atomic mass is 16.5. The summed E-state index contributed by atoms with van der Waals surface area (Å²) >= 11 is 0. The van der Waals surface area contributed by atoms with Gasteiger partial charge in [-0.15, -0.1) is 0 Å². The number of ether oxygens (including phenoxy) is 1. The van der Waals surface area contributed by atoms with Crippen molar-refractivity contribution in [2.45, 2.75) is 13.0 Å². The smallest absolute Gasteiger partial charge is 0.236 e. The highest BCUT2D eigenvalue weighted by molar-refractivity contribution is 5.95. The van der Waals surface area contributed by atoms with E-state index in [1.54, 1.807) is 0 Å². The van der Waals surface area contributed by atoms with Crippen LogP contribution in [0.1, 0.15) is 6.92 Å². The minimum Gasteiger partial charge on any atom is -0.379 e. The van der Waals surface area contributed by atoms with Crippen LogP contribution >= 0.6 is 0 Å². The quantitative estimate of drug-likeness (QED) is 0.746. The van der Waals surface area contributed by atoms with E-state index in [2.05, 4.69) is 15.3 Å². The van der Waals surface area contributed by atoms with E-state index in [4.69, 9.17) is 10.5 Å². The number of para-hydroxylation sites is 2. The number of aromatic nitrogens is 2. The minimum absolute atomic E-state index is 0.170. The van der Waals surface area contributed by atoms with Crippen LogP contribution in [0.15, 0.2) is 24.3 Å². The number of hydrogen-bond donors (Lipinski definition) is 3. The summed E-state index contributed by atoms with van der Waals surface area (Å²) in [4.78, 5) is 19.7. The van der Waals surface area contributed by atoms with Crippen molar-refractivity contribution in [1.82, 2.24) is 9.97 Å². The maximum Gasteiger partial charge on any atom is 0.236 e. The molecule has 1 saturated heterocycles. The van der Waals surface area contributed by atoms with E-state index in [9.17, 15) is 4.79 Å². The number of imidazole rings is 1. The van der Waals surface area contributed by atoms with Gasteiger partial charge in [0.15, 0.2) is 0 Å². The lowest BCUT2D eigenvalue weighted by Gasteiger charge is -2.24. The van der Waals surface area contributed by atoms with Crippen LogP contribution in [0.3, 0.4) is 0 Å². The lowest BCUT2D eigenvalue weighted by atomic mass is 9.85. The van der Waals surface area contributed by atoms with Gasteiger partial charge in [0.25, 0.3) is 0 Å². The Hall–Kier alpha value is -1.92. The first-order valence-corrected chi connectivity index (χ1v) is 6.19. The summed E-state index contributed by atoms with van der Waals surface area (Å²) in [6.45, 7) is 2.55. The Labute approximate surface area is 110 Å². The average molecular weight is 260 g/mol. The highest BCUT2D eigenvalue weighted by Gasteiger charge is 2.44. The molecule has 0 radical (unpaired) electrons. The third kappa shape index (κ3) is 1.98. The number of anilines is 1. The van der Waals surface area contributed by atoms with Gasteiger partial charge < -0.3 is 15.5 Å². The van der Waals surface area contributed by atoms with Crippen molar-refractivity contribution in [1.29, 1.82) is 0 Å². The number of carbonyl (C=O) groups excluding carboxylic acids is 1. The van der Waals surface area contributed by atoms with E-state index in [1.807, 2.05) is 31.2 Å². The standard InChI is InChI=1S/C13H16N4O2/c1-13(7-19-6-10(13)14)11(18)17-12-15-8-4-2-3-5-9(8)16-12/h2-5,10H,6-7,14H2,1H3,(H2,15,16,17,18). The van der Waals surface area contributed by atoms with Gasteiger partial charge in [-0.3, -0.25) is 10.1 Å². The second kappa shape index (κ2) is 4.32. The molecule has 6 nitrogen and oxygen atoms in total. The zero-order valence-corrected chi connectivity index (χ0v) is 10.6. The SMILES string of the molecule is CC1(C(=O)Nc2nc3ccccc3[nH]2)COCC1N. The third-order valence-electron chi connectivity index (χ3n) is 3.66. The summed E-state index contributed by atoms with van der Waals surface area (Å²) < 4.78 is 5.27. The number of rotatable bonds is 2. The zero-order valence-electron chi connectivity index (χ0n) is 10.6. The second-order valence-electron chi connectivity index (χ2n) is 5.10. The summed E-state index contributed by atoms with van der Waals surface area (Å²) in [7, 11) is 0. The van der Waals surface area contributed by atoms with Gasteiger partial charge in [-0.25, -0.2) is 4.98 Å². The number of amides is 1. The van der Waals surface area contributed by atoms with Gasteiger partial charge in [0.2, 0.25) is 11.9 Å². The molecule has 1 amide bonds. The predicted molar refractivity (Wildman–Crippen MR) is 71.6 cm³/mol. The number of fused-ring (bicyclic) bond motifs is 1. The molecule has 100 valence electrons. The summed E-state index contributed by atoms with van der Waals surface area (Å²) in [5.41, 5.74) is 6.92. The molecule has 2 atom stereocenters. The van der Waals surface area contributed by atoms with E-state index < -0.39 is 5.41 Å². The summed E-state index contributed by atoms with van der Waals surface area (Å²) in [5.74, 6) is 0.267. The predicted octanol–water partition coefficient (Wildman–Crippen LogP) is 0.865. The summed E-state index contributed by atoms with van der Waals surface area (Å²) in [6.07, 6.45) is 0. The zero-order chi connectivity index (χ0) is 13.5. The molecule has 0 spiro atoms. The van der Waals surface area contributed by atoms with E-state index >= 15 is 0 Å². The molecule has 0 aliphatic carbocycles. The third-order valence-corrected chi connectivity index (χ3v) is 3.66. The Morgan fingerprint density at radius 3 is 3.05 bits per heavy atom. The van der Waals surface area contributed by atoms with Crippen molar-refractivity contribution < 1.29 is 9.53 Å². The Morgan fingerprint density at radius 1 is 1.58 bits per heavy atom. The van der Waals surface area contributed by atoms with Gasteiger partial charge in [-0.05, 0) is 19.1 Å². The number of nitrogens with one attached hydrogen (secondary N) is 2. The number of aromatic amines is 1. The van der Waals surface area contributed by atoms with Crippen LogP contribution in [-0.4, -0.2) is 35.1 Å². The lowest BCUT2D eigenvalue weighted by molar-refractivity contribution is -0.125. The van der Waals surface area contributed by atoms with E-state index in [0.29, 0.717) is 19.2 Å². The van der Waals surface area contributed by atoms with Crippen LogP contribution in [0.4, 0.5) is 5.95 Å². The van der Waals surface area contributed by atoms with Gasteiger partial charge in [0.1, 0.15) is 0 Å². The van der Waals surface area contributed by atoms with E-state index in [0.717, 1.165) is 11.0 Å². The van der Waals surface area contributed by atoms with Gasteiger partial charge in [0, 0.05) is 6.04 Å². The van der Waals surface area contributed by atoms with E-state index in [1.165, 1.54) is 0 Å². The first-order valence-electron chi connectivity index (χ1n) is 6.19. The Balaban J connectivity index is 1.83. The largest absolute Gasteiger partial charge is 0.379 e. The molecule has 4 N–H and O–H groups in total. The molecule has 19 heavy (non-hydrogen) atoms. The lowest BCUT2D eigenvalue weighted by Crippen LogP contribution is -2.47. The summed E-state index contributed by atoms with van der Waals surface area (Å²) in [6, 6.07) is 7.31. The second-order valence-corrected chi connectivity index (χ2v) is 5.10. The monoisotopic (exact) mass is 260 g/mol. The molecule has 1 aromatic heterocycles. The van der Waals surface area contributed by atoms with Crippen molar-refractivity contribution >= 4 is 22.9 Å².